The second kappa shape index (κ2) is 4.26. The van der Waals surface area contributed by atoms with Gasteiger partial charge in [-0.3, -0.25) is 0 Å². The molecule has 0 fully saturated rings. The van der Waals surface area contributed by atoms with Gasteiger partial charge in [0.1, 0.15) is 0 Å². The second-order valence-corrected chi connectivity index (χ2v) is 2.98. The van der Waals surface area contributed by atoms with Crippen molar-refractivity contribution in [1.29, 1.82) is 0 Å². The molecule has 0 amide bonds. The van der Waals surface area contributed by atoms with Gasteiger partial charge in [0.2, 0.25) is 0 Å². The average molecular weight is 169 g/mol. The van der Waals surface area contributed by atoms with Crippen LogP contribution in [0.15, 0.2) is 11.6 Å². The summed E-state index contributed by atoms with van der Waals surface area (Å²) in [6.45, 7) is 2.26. The Labute approximate surface area is 72.6 Å². The number of hydrogen-bond acceptors (Lipinski definition) is 3. The maximum atomic E-state index is 11.2. The highest BCUT2D eigenvalue weighted by atomic mass is 16.5. The molecule has 1 unspecified atom stereocenters. The molecule has 12 heavy (non-hydrogen) atoms. The van der Waals surface area contributed by atoms with E-state index in [4.69, 9.17) is 10.5 Å². The van der Waals surface area contributed by atoms with E-state index in [1.807, 2.05) is 13.0 Å². The van der Waals surface area contributed by atoms with Crippen molar-refractivity contribution in [3.8, 4) is 0 Å². The Morgan fingerprint density at radius 1 is 1.83 bits per heavy atom. The molecule has 0 aromatic rings. The smallest absolute Gasteiger partial charge is 0.333 e. The Kier molecular flexibility index (Phi) is 3.29. The molecule has 0 saturated carbocycles. The van der Waals surface area contributed by atoms with Crippen LogP contribution in [0.3, 0.4) is 0 Å². The normalized spacial score (nSPS) is 23.2. The van der Waals surface area contributed by atoms with Gasteiger partial charge in [-0.25, -0.2) is 4.79 Å². The Morgan fingerprint density at radius 2 is 2.58 bits per heavy atom. The van der Waals surface area contributed by atoms with Crippen LogP contribution < -0.4 is 5.73 Å². The minimum Gasteiger partial charge on any atom is -0.463 e. The van der Waals surface area contributed by atoms with E-state index in [9.17, 15) is 4.79 Å². The first kappa shape index (κ1) is 9.26. The van der Waals surface area contributed by atoms with Gasteiger partial charge in [0.15, 0.2) is 0 Å². The average Bonchev–Trinajstić information content (AvgIpc) is 2.06. The lowest BCUT2D eigenvalue weighted by Gasteiger charge is -2.16. The first-order valence-electron chi connectivity index (χ1n) is 4.35. The molecule has 68 valence electrons. The van der Waals surface area contributed by atoms with Gasteiger partial charge in [-0.2, -0.15) is 0 Å². The van der Waals surface area contributed by atoms with Gasteiger partial charge in [-0.05, 0) is 26.2 Å². The van der Waals surface area contributed by atoms with Crippen molar-refractivity contribution >= 4 is 5.97 Å². The van der Waals surface area contributed by atoms with E-state index < -0.39 is 0 Å². The molecule has 0 bridgehead atoms. The summed E-state index contributed by atoms with van der Waals surface area (Å²) in [5.41, 5.74) is 6.46. The topological polar surface area (TPSA) is 52.3 Å². The van der Waals surface area contributed by atoms with Crippen molar-refractivity contribution in [1.82, 2.24) is 0 Å². The van der Waals surface area contributed by atoms with E-state index in [2.05, 4.69) is 0 Å². The van der Waals surface area contributed by atoms with Crippen LogP contribution in [-0.2, 0) is 9.53 Å². The van der Waals surface area contributed by atoms with Gasteiger partial charge in [0.05, 0.1) is 6.61 Å². The van der Waals surface area contributed by atoms with Crippen LogP contribution >= 0.6 is 0 Å². The maximum Gasteiger partial charge on any atom is 0.333 e. The second-order valence-electron chi connectivity index (χ2n) is 2.98. The van der Waals surface area contributed by atoms with Crippen LogP contribution in [0.2, 0.25) is 0 Å². The number of rotatable bonds is 2. The first-order chi connectivity index (χ1) is 5.74. The van der Waals surface area contributed by atoms with Gasteiger partial charge in [-0.15, -0.1) is 0 Å². The summed E-state index contributed by atoms with van der Waals surface area (Å²) in [5.74, 6) is -0.176. The predicted molar refractivity (Wildman–Crippen MR) is 46.5 cm³/mol. The van der Waals surface area contributed by atoms with Gasteiger partial charge in [0, 0.05) is 11.6 Å². The molecular weight excluding hydrogens is 154 g/mol. The lowest BCUT2D eigenvalue weighted by atomic mass is 9.96. The largest absolute Gasteiger partial charge is 0.463 e. The van der Waals surface area contributed by atoms with E-state index in [1.54, 1.807) is 0 Å². The van der Waals surface area contributed by atoms with Crippen molar-refractivity contribution in [3.05, 3.63) is 11.6 Å². The van der Waals surface area contributed by atoms with Gasteiger partial charge in [0.25, 0.3) is 0 Å². The predicted octanol–water partition coefficient (Wildman–Crippen LogP) is 0.987. The lowest BCUT2D eigenvalue weighted by Crippen LogP contribution is -2.24. The van der Waals surface area contributed by atoms with Gasteiger partial charge >= 0.3 is 5.97 Å². The Hall–Kier alpha value is -0.830. The molecule has 1 aliphatic carbocycles. The molecule has 1 atom stereocenters. The van der Waals surface area contributed by atoms with Crippen molar-refractivity contribution in [2.24, 2.45) is 5.73 Å². The van der Waals surface area contributed by atoms with Crippen molar-refractivity contribution < 1.29 is 9.53 Å². The zero-order chi connectivity index (χ0) is 8.97. The highest BCUT2D eigenvalue weighted by Crippen LogP contribution is 2.17. The summed E-state index contributed by atoms with van der Waals surface area (Å²) in [6, 6.07) is 0.225. The van der Waals surface area contributed by atoms with Crippen LogP contribution in [-0.4, -0.2) is 18.6 Å². The van der Waals surface area contributed by atoms with Crippen molar-refractivity contribution in [2.45, 2.75) is 32.2 Å². The molecule has 0 aromatic carbocycles. The minimum atomic E-state index is -0.176. The maximum absolute atomic E-state index is 11.2. The first-order valence-corrected chi connectivity index (χ1v) is 4.35. The molecule has 0 aliphatic heterocycles. The van der Waals surface area contributed by atoms with Crippen LogP contribution in [0.4, 0.5) is 0 Å². The molecule has 3 nitrogen and oxygen atoms in total. The van der Waals surface area contributed by atoms with Crippen LogP contribution in [0, 0.1) is 0 Å². The number of nitrogens with two attached hydrogens (primary N) is 1. The van der Waals surface area contributed by atoms with E-state index in [0.717, 1.165) is 24.8 Å². The quantitative estimate of drug-likeness (QED) is 0.627. The number of hydrogen-bond donors (Lipinski definition) is 1. The molecule has 1 aliphatic rings. The molecule has 0 spiro atoms. The third-order valence-corrected chi connectivity index (χ3v) is 1.99. The van der Waals surface area contributed by atoms with Gasteiger partial charge in [-0.1, -0.05) is 6.08 Å². The van der Waals surface area contributed by atoms with Crippen LogP contribution in [0.5, 0.6) is 0 Å². The molecular formula is C9H15NO2. The number of carbonyl (C=O) groups is 1. The molecule has 0 saturated heterocycles. The lowest BCUT2D eigenvalue weighted by molar-refractivity contribution is -0.138. The monoisotopic (exact) mass is 169 g/mol. The molecule has 2 N–H and O–H groups in total. The van der Waals surface area contributed by atoms with Crippen LogP contribution in [0.25, 0.3) is 0 Å². The third-order valence-electron chi connectivity index (χ3n) is 1.99. The standard InChI is InChI=1S/C9H15NO2/c1-2-12-9(11)7-3-5-8(10)6-4-7/h3,8H,2,4-6,10H2,1H3. The molecule has 0 radical (unpaired) electrons. The zero-order valence-electron chi connectivity index (χ0n) is 7.38. The summed E-state index contributed by atoms with van der Waals surface area (Å²) in [7, 11) is 0. The van der Waals surface area contributed by atoms with E-state index in [-0.39, 0.29) is 12.0 Å². The summed E-state index contributed by atoms with van der Waals surface area (Å²) >= 11 is 0. The zero-order valence-corrected chi connectivity index (χ0v) is 7.38. The van der Waals surface area contributed by atoms with E-state index in [0.29, 0.717) is 6.61 Å². The van der Waals surface area contributed by atoms with E-state index >= 15 is 0 Å². The Morgan fingerprint density at radius 3 is 3.08 bits per heavy atom. The number of carbonyl (C=O) groups excluding carboxylic acids is 1. The highest BCUT2D eigenvalue weighted by molar-refractivity contribution is 5.88. The minimum absolute atomic E-state index is 0.176. The van der Waals surface area contributed by atoms with E-state index in [1.165, 1.54) is 0 Å². The number of esters is 1. The molecule has 3 heteroatoms. The number of ether oxygens (including phenoxy) is 1. The Balaban J connectivity index is 2.47. The third kappa shape index (κ3) is 2.34. The Bertz CT molecular complexity index is 199. The SMILES string of the molecule is CCOC(=O)C1=CCC(N)CC1. The summed E-state index contributed by atoms with van der Waals surface area (Å²) in [6.07, 6.45) is 4.35. The fourth-order valence-corrected chi connectivity index (χ4v) is 1.26. The van der Waals surface area contributed by atoms with Crippen LogP contribution in [0.1, 0.15) is 26.2 Å². The summed E-state index contributed by atoms with van der Waals surface area (Å²) < 4.78 is 4.87. The van der Waals surface area contributed by atoms with Crippen molar-refractivity contribution in [3.63, 3.8) is 0 Å². The van der Waals surface area contributed by atoms with Crippen molar-refractivity contribution in [2.75, 3.05) is 6.61 Å². The molecule has 1 rings (SSSR count). The van der Waals surface area contributed by atoms with Gasteiger partial charge < -0.3 is 10.5 Å². The fraction of sp³-hybridized carbons (Fsp3) is 0.667. The molecule has 0 aromatic heterocycles. The summed E-state index contributed by atoms with van der Waals surface area (Å²) in [4.78, 5) is 11.2. The fourth-order valence-electron chi connectivity index (χ4n) is 1.26. The molecule has 0 heterocycles. The highest BCUT2D eigenvalue weighted by Gasteiger charge is 2.16. The summed E-state index contributed by atoms with van der Waals surface area (Å²) in [5, 5.41) is 0.